The maximum atomic E-state index is 12.7. The van der Waals surface area contributed by atoms with Crippen LogP contribution in [0.4, 0.5) is 18.9 Å². The van der Waals surface area contributed by atoms with Gasteiger partial charge in [0.25, 0.3) is 0 Å². The van der Waals surface area contributed by atoms with Crippen LogP contribution in [0, 0.1) is 0 Å². The second-order valence-electron chi connectivity index (χ2n) is 5.53. The van der Waals surface area contributed by atoms with Crippen LogP contribution in [0.25, 0.3) is 11.0 Å². The maximum Gasteiger partial charge on any atom is 0.391 e. The molecule has 1 saturated carbocycles. The number of alkyl halides is 3. The topological polar surface area (TPSA) is 43.8 Å². The highest BCUT2D eigenvalue weighted by Gasteiger charge is 2.35. The lowest BCUT2D eigenvalue weighted by molar-refractivity contribution is -0.141. The fourth-order valence-corrected chi connectivity index (χ4v) is 2.65. The van der Waals surface area contributed by atoms with Crippen LogP contribution in [0.15, 0.2) is 18.2 Å². The molecule has 0 spiro atoms. The Labute approximate surface area is 114 Å². The molecule has 0 bridgehead atoms. The first kappa shape index (κ1) is 13.3. The number of aromatic nitrogens is 2. The molecule has 0 amide bonds. The standard InChI is InChI=1S/C14H16F3N3/c1-8(7-14(15,16)17)20-12-5-4-10(18)6-11(12)19-13(20)9-2-3-9/h4-6,8-9H,2-3,7,18H2,1H3. The lowest BCUT2D eigenvalue weighted by atomic mass is 10.2. The van der Waals surface area contributed by atoms with Gasteiger partial charge in [-0.2, -0.15) is 13.2 Å². The minimum absolute atomic E-state index is 0.291. The Kier molecular flexibility index (Phi) is 2.92. The molecule has 2 N–H and O–H groups in total. The number of imidazole rings is 1. The van der Waals surface area contributed by atoms with Crippen LogP contribution in [0.3, 0.4) is 0 Å². The second kappa shape index (κ2) is 4.40. The lowest BCUT2D eigenvalue weighted by Crippen LogP contribution is -2.18. The summed E-state index contributed by atoms with van der Waals surface area (Å²) in [4.78, 5) is 4.50. The van der Waals surface area contributed by atoms with E-state index >= 15 is 0 Å². The number of nitrogens with zero attached hydrogens (tertiary/aromatic N) is 2. The molecule has 1 aromatic heterocycles. The highest BCUT2D eigenvalue weighted by molar-refractivity contribution is 5.80. The van der Waals surface area contributed by atoms with E-state index in [1.165, 1.54) is 0 Å². The van der Waals surface area contributed by atoms with Crippen LogP contribution in [-0.4, -0.2) is 15.7 Å². The van der Waals surface area contributed by atoms with Gasteiger partial charge in [-0.3, -0.25) is 0 Å². The van der Waals surface area contributed by atoms with Crippen molar-refractivity contribution in [2.75, 3.05) is 5.73 Å². The third-order valence-corrected chi connectivity index (χ3v) is 3.65. The number of hydrogen-bond donors (Lipinski definition) is 1. The summed E-state index contributed by atoms with van der Waals surface area (Å²) in [5.41, 5.74) is 7.72. The van der Waals surface area contributed by atoms with Crippen molar-refractivity contribution in [1.29, 1.82) is 0 Å². The van der Waals surface area contributed by atoms with Crippen molar-refractivity contribution in [3.63, 3.8) is 0 Å². The van der Waals surface area contributed by atoms with Crippen LogP contribution in [0.2, 0.25) is 0 Å². The monoisotopic (exact) mass is 283 g/mol. The second-order valence-corrected chi connectivity index (χ2v) is 5.53. The highest BCUT2D eigenvalue weighted by Crippen LogP contribution is 2.43. The van der Waals surface area contributed by atoms with Crippen LogP contribution in [0.1, 0.15) is 44.0 Å². The van der Waals surface area contributed by atoms with Crippen molar-refractivity contribution in [2.24, 2.45) is 0 Å². The Hall–Kier alpha value is -1.72. The number of fused-ring (bicyclic) bond motifs is 1. The molecule has 2 aromatic rings. The van der Waals surface area contributed by atoms with Gasteiger partial charge in [-0.1, -0.05) is 0 Å². The summed E-state index contributed by atoms with van der Waals surface area (Å²) in [5.74, 6) is 1.06. The molecule has 1 heterocycles. The van der Waals surface area contributed by atoms with E-state index in [4.69, 9.17) is 5.73 Å². The van der Waals surface area contributed by atoms with Crippen LogP contribution >= 0.6 is 0 Å². The smallest absolute Gasteiger partial charge is 0.391 e. The van der Waals surface area contributed by atoms with Crippen LogP contribution < -0.4 is 5.73 Å². The van der Waals surface area contributed by atoms with Crippen molar-refractivity contribution >= 4 is 16.7 Å². The fourth-order valence-electron chi connectivity index (χ4n) is 2.65. The maximum absolute atomic E-state index is 12.7. The van der Waals surface area contributed by atoms with E-state index in [1.54, 1.807) is 29.7 Å². The molecule has 20 heavy (non-hydrogen) atoms. The number of nitrogens with two attached hydrogens (primary N) is 1. The minimum Gasteiger partial charge on any atom is -0.399 e. The van der Waals surface area contributed by atoms with Crippen LogP contribution in [-0.2, 0) is 0 Å². The number of anilines is 1. The van der Waals surface area contributed by atoms with Gasteiger partial charge in [-0.05, 0) is 38.0 Å². The Bertz CT molecular complexity index is 641. The predicted molar refractivity (Wildman–Crippen MR) is 71.5 cm³/mol. The van der Waals surface area contributed by atoms with E-state index in [1.807, 2.05) is 0 Å². The molecule has 1 fully saturated rings. The predicted octanol–water partition coefficient (Wildman–Crippen LogP) is 4.01. The van der Waals surface area contributed by atoms with Gasteiger partial charge in [0.1, 0.15) is 5.82 Å². The summed E-state index contributed by atoms with van der Waals surface area (Å²) >= 11 is 0. The van der Waals surface area contributed by atoms with E-state index in [2.05, 4.69) is 4.98 Å². The molecule has 3 nitrogen and oxygen atoms in total. The number of rotatable bonds is 3. The third-order valence-electron chi connectivity index (χ3n) is 3.65. The molecule has 1 unspecified atom stereocenters. The summed E-state index contributed by atoms with van der Waals surface area (Å²) in [6.45, 7) is 1.59. The average molecular weight is 283 g/mol. The first-order valence-corrected chi connectivity index (χ1v) is 6.69. The number of halogens is 3. The largest absolute Gasteiger partial charge is 0.399 e. The van der Waals surface area contributed by atoms with E-state index in [-0.39, 0.29) is 0 Å². The first-order chi connectivity index (χ1) is 9.35. The molecule has 1 atom stereocenters. The molecule has 3 rings (SSSR count). The minimum atomic E-state index is -4.18. The molecule has 0 aliphatic heterocycles. The van der Waals surface area contributed by atoms with Gasteiger partial charge >= 0.3 is 6.18 Å². The zero-order chi connectivity index (χ0) is 14.5. The fraction of sp³-hybridized carbons (Fsp3) is 0.500. The summed E-state index contributed by atoms with van der Waals surface area (Å²) in [6, 6.07) is 4.53. The zero-order valence-electron chi connectivity index (χ0n) is 11.1. The molecule has 108 valence electrons. The summed E-state index contributed by atoms with van der Waals surface area (Å²) in [7, 11) is 0. The molecule has 0 saturated heterocycles. The van der Waals surface area contributed by atoms with Crippen molar-refractivity contribution in [1.82, 2.24) is 9.55 Å². The highest BCUT2D eigenvalue weighted by atomic mass is 19.4. The number of hydrogen-bond acceptors (Lipinski definition) is 2. The van der Waals surface area contributed by atoms with E-state index in [9.17, 15) is 13.2 Å². The van der Waals surface area contributed by atoms with Crippen molar-refractivity contribution in [3.8, 4) is 0 Å². The Morgan fingerprint density at radius 2 is 2.10 bits per heavy atom. The first-order valence-electron chi connectivity index (χ1n) is 6.69. The average Bonchev–Trinajstić information content (AvgIpc) is 3.07. The van der Waals surface area contributed by atoms with Gasteiger partial charge in [0.15, 0.2) is 0 Å². The molecular formula is C14H16F3N3. The Balaban J connectivity index is 2.09. The van der Waals surface area contributed by atoms with Gasteiger partial charge in [-0.25, -0.2) is 4.98 Å². The lowest BCUT2D eigenvalue weighted by Gasteiger charge is -2.19. The van der Waals surface area contributed by atoms with E-state index in [0.717, 1.165) is 24.2 Å². The van der Waals surface area contributed by atoms with Crippen molar-refractivity contribution < 1.29 is 13.2 Å². The SMILES string of the molecule is CC(CC(F)(F)F)n1c(C2CC2)nc2cc(N)ccc21. The normalized spacial score (nSPS) is 17.6. The van der Waals surface area contributed by atoms with Gasteiger partial charge in [0.2, 0.25) is 0 Å². The quantitative estimate of drug-likeness (QED) is 0.865. The van der Waals surface area contributed by atoms with Crippen molar-refractivity contribution in [2.45, 2.75) is 44.3 Å². The van der Waals surface area contributed by atoms with E-state index < -0.39 is 18.6 Å². The van der Waals surface area contributed by atoms with Gasteiger partial charge in [0, 0.05) is 17.6 Å². The number of benzene rings is 1. The summed E-state index contributed by atoms with van der Waals surface area (Å²) < 4.78 is 39.7. The van der Waals surface area contributed by atoms with Gasteiger partial charge in [0.05, 0.1) is 17.5 Å². The molecule has 0 radical (unpaired) electrons. The van der Waals surface area contributed by atoms with E-state index in [0.29, 0.717) is 17.1 Å². The zero-order valence-corrected chi connectivity index (χ0v) is 11.1. The summed E-state index contributed by atoms with van der Waals surface area (Å²) in [5, 5.41) is 0. The van der Waals surface area contributed by atoms with Crippen molar-refractivity contribution in [3.05, 3.63) is 24.0 Å². The molecule has 1 aromatic carbocycles. The van der Waals surface area contributed by atoms with Gasteiger partial charge in [-0.15, -0.1) is 0 Å². The van der Waals surface area contributed by atoms with Gasteiger partial charge < -0.3 is 10.3 Å². The Morgan fingerprint density at radius 1 is 1.40 bits per heavy atom. The summed E-state index contributed by atoms with van der Waals surface area (Å²) in [6.07, 6.45) is -3.03. The van der Waals surface area contributed by atoms with Crippen LogP contribution in [0.5, 0.6) is 0 Å². The molecule has 6 heteroatoms. The molecule has 1 aliphatic carbocycles. The molecular weight excluding hydrogens is 267 g/mol. The third kappa shape index (κ3) is 2.46. The Morgan fingerprint density at radius 3 is 2.70 bits per heavy atom. The molecule has 1 aliphatic rings. The number of nitrogen functional groups attached to an aromatic ring is 1.